The Morgan fingerprint density at radius 1 is 1.33 bits per heavy atom. The van der Waals surface area contributed by atoms with Crippen molar-refractivity contribution in [2.75, 3.05) is 32.5 Å². The zero-order valence-electron chi connectivity index (χ0n) is 15.9. The molecule has 3 heterocycles. The van der Waals surface area contributed by atoms with E-state index >= 15 is 0 Å². The lowest BCUT2D eigenvalue weighted by molar-refractivity contribution is 0.102. The third-order valence-electron chi connectivity index (χ3n) is 5.00. The van der Waals surface area contributed by atoms with Crippen LogP contribution in [0.4, 0.5) is 10.3 Å². The number of fused-ring (bicyclic) bond motifs is 3. The van der Waals surface area contributed by atoms with E-state index in [4.69, 9.17) is 15.5 Å². The zero-order valence-corrected chi connectivity index (χ0v) is 15.9. The fourth-order valence-electron chi connectivity index (χ4n) is 3.92. The molecular formula is C19H25FN6O. The number of para-hydroxylation sites is 1. The molecule has 1 aromatic carbocycles. The average molecular weight is 372 g/mol. The van der Waals surface area contributed by atoms with Crippen LogP contribution in [0.1, 0.15) is 38.4 Å². The second kappa shape index (κ2) is 6.60. The van der Waals surface area contributed by atoms with Crippen molar-refractivity contribution in [3.05, 3.63) is 24.0 Å². The quantitative estimate of drug-likeness (QED) is 0.758. The molecule has 4 rings (SSSR count). The summed E-state index contributed by atoms with van der Waals surface area (Å²) in [6, 6.07) is 5.69. The van der Waals surface area contributed by atoms with E-state index < -0.39 is 5.67 Å². The van der Waals surface area contributed by atoms with Crippen LogP contribution in [0.5, 0.6) is 5.75 Å². The van der Waals surface area contributed by atoms with E-state index in [0.717, 1.165) is 37.1 Å². The van der Waals surface area contributed by atoms with Gasteiger partial charge in [-0.25, -0.2) is 14.4 Å². The third-order valence-corrected chi connectivity index (χ3v) is 5.00. The Kier molecular flexibility index (Phi) is 4.38. The fraction of sp³-hybridized carbons (Fsp3) is 0.526. The minimum absolute atomic E-state index is 0.154. The SMILES string of the molecule is COc1cccc2c1nc(N)n1nc([C@@H]3CCCN(CC(C)(C)F)C3)nc21. The number of aromatic nitrogens is 4. The number of halogens is 1. The van der Waals surface area contributed by atoms with Crippen LogP contribution in [0.2, 0.25) is 0 Å². The van der Waals surface area contributed by atoms with Crippen molar-refractivity contribution in [1.29, 1.82) is 0 Å². The monoisotopic (exact) mass is 372 g/mol. The van der Waals surface area contributed by atoms with Crippen LogP contribution < -0.4 is 10.5 Å². The summed E-state index contributed by atoms with van der Waals surface area (Å²) >= 11 is 0. The van der Waals surface area contributed by atoms with Gasteiger partial charge in [-0.3, -0.25) is 4.90 Å². The number of likely N-dealkylation sites (tertiary alicyclic amines) is 1. The molecule has 8 heteroatoms. The van der Waals surface area contributed by atoms with Gasteiger partial charge in [-0.1, -0.05) is 6.07 Å². The van der Waals surface area contributed by atoms with Crippen LogP contribution in [0.15, 0.2) is 18.2 Å². The minimum atomic E-state index is -1.21. The highest BCUT2D eigenvalue weighted by Crippen LogP contribution is 2.30. The van der Waals surface area contributed by atoms with E-state index in [1.54, 1.807) is 25.5 Å². The molecule has 1 saturated heterocycles. The van der Waals surface area contributed by atoms with Crippen molar-refractivity contribution in [3.8, 4) is 5.75 Å². The normalized spacial score (nSPS) is 19.0. The highest BCUT2D eigenvalue weighted by molar-refractivity contribution is 5.95. The summed E-state index contributed by atoms with van der Waals surface area (Å²) in [7, 11) is 1.61. The van der Waals surface area contributed by atoms with E-state index in [1.165, 1.54) is 0 Å². The number of methoxy groups -OCH3 is 1. The van der Waals surface area contributed by atoms with Gasteiger partial charge in [0.05, 0.1) is 7.11 Å². The van der Waals surface area contributed by atoms with Crippen molar-refractivity contribution >= 4 is 22.5 Å². The Balaban J connectivity index is 1.73. The number of piperidine rings is 1. The van der Waals surface area contributed by atoms with Gasteiger partial charge in [-0.15, -0.1) is 5.10 Å². The molecule has 1 aliphatic heterocycles. The number of anilines is 1. The van der Waals surface area contributed by atoms with Gasteiger partial charge in [0, 0.05) is 24.4 Å². The number of ether oxygens (including phenoxy) is 1. The number of nitrogens with zero attached hydrogens (tertiary/aromatic N) is 5. The van der Waals surface area contributed by atoms with Gasteiger partial charge >= 0.3 is 0 Å². The highest BCUT2D eigenvalue weighted by Gasteiger charge is 2.29. The topological polar surface area (TPSA) is 81.6 Å². The predicted octanol–water partition coefficient (Wildman–Crippen LogP) is 2.80. The molecule has 7 nitrogen and oxygen atoms in total. The molecule has 2 aromatic heterocycles. The van der Waals surface area contributed by atoms with Gasteiger partial charge in [0.2, 0.25) is 5.95 Å². The molecule has 27 heavy (non-hydrogen) atoms. The van der Waals surface area contributed by atoms with Crippen LogP contribution in [0.3, 0.4) is 0 Å². The van der Waals surface area contributed by atoms with Crippen molar-refractivity contribution in [2.24, 2.45) is 0 Å². The van der Waals surface area contributed by atoms with Crippen LogP contribution in [0.25, 0.3) is 16.6 Å². The number of hydrogen-bond donors (Lipinski definition) is 1. The maximum absolute atomic E-state index is 14.1. The molecule has 0 unspecified atom stereocenters. The van der Waals surface area contributed by atoms with Gasteiger partial charge < -0.3 is 10.5 Å². The van der Waals surface area contributed by atoms with Crippen molar-refractivity contribution in [2.45, 2.75) is 38.3 Å². The molecule has 1 atom stereocenters. The van der Waals surface area contributed by atoms with Gasteiger partial charge in [-0.05, 0) is 45.4 Å². The number of rotatable bonds is 4. The van der Waals surface area contributed by atoms with E-state index in [9.17, 15) is 4.39 Å². The van der Waals surface area contributed by atoms with Crippen LogP contribution in [-0.2, 0) is 0 Å². The van der Waals surface area contributed by atoms with Crippen LogP contribution in [0, 0.1) is 0 Å². The summed E-state index contributed by atoms with van der Waals surface area (Å²) in [4.78, 5) is 11.4. The lowest BCUT2D eigenvalue weighted by Gasteiger charge is -2.34. The predicted molar refractivity (Wildman–Crippen MR) is 103 cm³/mol. The summed E-state index contributed by atoms with van der Waals surface area (Å²) in [5.41, 5.74) is 6.27. The first-order chi connectivity index (χ1) is 12.9. The maximum atomic E-state index is 14.1. The average Bonchev–Trinajstić information content (AvgIpc) is 3.06. The highest BCUT2D eigenvalue weighted by atomic mass is 19.1. The number of benzene rings is 1. The summed E-state index contributed by atoms with van der Waals surface area (Å²) in [6.07, 6.45) is 1.98. The first-order valence-electron chi connectivity index (χ1n) is 9.26. The second-order valence-electron chi connectivity index (χ2n) is 7.82. The van der Waals surface area contributed by atoms with E-state index in [0.29, 0.717) is 23.5 Å². The Bertz CT molecular complexity index is 980. The molecule has 0 amide bonds. The van der Waals surface area contributed by atoms with Gasteiger partial charge in [0.15, 0.2) is 11.5 Å². The first kappa shape index (κ1) is 17.9. The maximum Gasteiger partial charge on any atom is 0.223 e. The number of nitrogen functional groups attached to an aromatic ring is 1. The minimum Gasteiger partial charge on any atom is -0.494 e. The zero-order chi connectivity index (χ0) is 19.2. The molecule has 0 saturated carbocycles. The molecule has 0 radical (unpaired) electrons. The molecule has 0 spiro atoms. The molecule has 0 bridgehead atoms. The molecule has 1 aliphatic rings. The second-order valence-corrected chi connectivity index (χ2v) is 7.82. The van der Waals surface area contributed by atoms with Gasteiger partial charge in [-0.2, -0.15) is 4.52 Å². The largest absolute Gasteiger partial charge is 0.494 e. The molecule has 144 valence electrons. The summed E-state index contributed by atoms with van der Waals surface area (Å²) in [5.74, 6) is 1.82. The number of hydrogen-bond acceptors (Lipinski definition) is 6. The van der Waals surface area contributed by atoms with Crippen molar-refractivity contribution in [1.82, 2.24) is 24.5 Å². The third kappa shape index (κ3) is 3.41. The number of alkyl halides is 1. The van der Waals surface area contributed by atoms with E-state index in [2.05, 4.69) is 15.0 Å². The van der Waals surface area contributed by atoms with E-state index in [-0.39, 0.29) is 11.9 Å². The van der Waals surface area contributed by atoms with Gasteiger partial charge in [0.25, 0.3) is 0 Å². The standard InChI is InChI=1S/C19H25FN6O/c1-19(2,20)11-25-9-5-6-12(10-25)16-23-17-13-7-4-8-14(27-3)15(13)22-18(21)26(17)24-16/h4,7-8,12H,5-6,9-11H2,1-3H3,(H2,21,22)/t12-/m1/s1. The van der Waals surface area contributed by atoms with Crippen LogP contribution in [-0.4, -0.2) is 56.9 Å². The fourth-order valence-corrected chi connectivity index (χ4v) is 3.92. The Labute approximate surface area is 157 Å². The number of nitrogens with two attached hydrogens (primary N) is 1. The summed E-state index contributed by atoms with van der Waals surface area (Å²) in [5, 5.41) is 5.48. The lowest BCUT2D eigenvalue weighted by atomic mass is 9.96. The van der Waals surface area contributed by atoms with Crippen molar-refractivity contribution in [3.63, 3.8) is 0 Å². The molecular weight excluding hydrogens is 347 g/mol. The Hall–Kier alpha value is -2.48. The molecule has 2 N–H and O–H groups in total. The molecule has 1 fully saturated rings. The molecule has 3 aromatic rings. The van der Waals surface area contributed by atoms with Gasteiger partial charge in [0.1, 0.15) is 16.9 Å². The Morgan fingerprint density at radius 3 is 2.89 bits per heavy atom. The van der Waals surface area contributed by atoms with E-state index in [1.807, 2.05) is 18.2 Å². The smallest absolute Gasteiger partial charge is 0.223 e. The summed E-state index contributed by atoms with van der Waals surface area (Å²) in [6.45, 7) is 5.30. The molecule has 0 aliphatic carbocycles. The van der Waals surface area contributed by atoms with Crippen LogP contribution >= 0.6 is 0 Å². The first-order valence-corrected chi connectivity index (χ1v) is 9.26. The van der Waals surface area contributed by atoms with Crippen molar-refractivity contribution < 1.29 is 9.13 Å². The summed E-state index contributed by atoms with van der Waals surface area (Å²) < 4.78 is 21.0. The Morgan fingerprint density at radius 2 is 2.15 bits per heavy atom. The lowest BCUT2D eigenvalue weighted by Crippen LogP contribution is -2.41.